The van der Waals surface area contributed by atoms with Gasteiger partial charge < -0.3 is 0 Å². The van der Waals surface area contributed by atoms with E-state index in [0.717, 1.165) is 16.8 Å². The second-order valence-electron chi connectivity index (χ2n) is 4.12. The van der Waals surface area contributed by atoms with Crippen LogP contribution in [0.15, 0.2) is 66.7 Å². The Hall–Kier alpha value is -1.41. The summed E-state index contributed by atoms with van der Waals surface area (Å²) in [6.45, 7) is 0. The van der Waals surface area contributed by atoms with Gasteiger partial charge in [-0.1, -0.05) is 0 Å². The first-order valence-electron chi connectivity index (χ1n) is 5.94. The predicted octanol–water partition coefficient (Wildman–Crippen LogP) is 2.94. The van der Waals surface area contributed by atoms with Crippen molar-refractivity contribution < 1.29 is 27.7 Å². The zero-order chi connectivity index (χ0) is 12.2. The van der Waals surface area contributed by atoms with Gasteiger partial charge in [-0.15, -0.1) is 0 Å². The van der Waals surface area contributed by atoms with Crippen molar-refractivity contribution >= 4 is 14.0 Å². The van der Waals surface area contributed by atoms with E-state index in [-0.39, 0.29) is 0 Å². The Morgan fingerprint density at radius 1 is 0.778 bits per heavy atom. The zero-order valence-electron chi connectivity index (χ0n) is 9.91. The number of hydrogen-bond donors (Lipinski definition) is 0. The maximum absolute atomic E-state index is 5.91. The van der Waals surface area contributed by atoms with Crippen LogP contribution in [-0.4, -0.2) is 4.98 Å². The third-order valence-electron chi connectivity index (χ3n) is 2.80. The van der Waals surface area contributed by atoms with Crippen molar-refractivity contribution in [2.24, 2.45) is 0 Å². The minimum atomic E-state index is -1.51. The molecule has 0 amide bonds. The summed E-state index contributed by atoms with van der Waals surface area (Å²) in [6.07, 6.45) is 0. The molecule has 1 aromatic heterocycles. The molecule has 2 aromatic carbocycles. The van der Waals surface area contributed by atoms with E-state index in [1.54, 1.807) is 0 Å². The number of para-hydroxylation sites is 1. The van der Waals surface area contributed by atoms with Crippen molar-refractivity contribution in [1.29, 1.82) is 0 Å². The first-order chi connectivity index (χ1) is 8.92. The first-order valence-corrected chi connectivity index (χ1v) is 10.9. The quantitative estimate of drug-likeness (QED) is 0.607. The predicted molar refractivity (Wildman–Crippen MR) is 68.4 cm³/mol. The number of hydrogen-bond acceptors (Lipinski definition) is 2. The van der Waals surface area contributed by atoms with Crippen LogP contribution in [0.5, 0.6) is 5.88 Å². The molecule has 18 heavy (non-hydrogen) atoms. The molecule has 0 aliphatic rings. The summed E-state index contributed by atoms with van der Waals surface area (Å²) in [5, 5.41) is 1.15. The molecule has 2 nitrogen and oxygen atoms in total. The molecule has 0 atom stereocenters. The summed E-state index contributed by atoms with van der Waals surface area (Å²) < 4.78 is 7.28. The zero-order valence-corrected chi connectivity index (χ0v) is 15.4. The van der Waals surface area contributed by atoms with Gasteiger partial charge in [0.05, 0.1) is 0 Å². The van der Waals surface area contributed by atoms with Gasteiger partial charge in [0.1, 0.15) is 0 Å². The van der Waals surface area contributed by atoms with Crippen LogP contribution in [0.25, 0.3) is 10.9 Å². The van der Waals surface area contributed by atoms with Gasteiger partial charge in [0.15, 0.2) is 0 Å². The monoisotopic (exact) mass is 423 g/mol. The minimum absolute atomic E-state index is 0.763. The average molecular weight is 422 g/mol. The fourth-order valence-electron chi connectivity index (χ4n) is 1.86. The molecule has 0 saturated heterocycles. The van der Waals surface area contributed by atoms with Crippen LogP contribution in [0.3, 0.4) is 0 Å². The molecule has 84 valence electrons. The van der Waals surface area contributed by atoms with Gasteiger partial charge in [0, 0.05) is 0 Å². The molecule has 3 rings (SSSR count). The van der Waals surface area contributed by atoms with Crippen LogP contribution in [-0.2, 0) is 25.0 Å². The maximum atomic E-state index is 5.91. The molecule has 0 bridgehead atoms. The Morgan fingerprint density at radius 2 is 1.56 bits per heavy atom. The van der Waals surface area contributed by atoms with E-state index in [4.69, 9.17) is 2.64 Å². The fourth-order valence-corrected chi connectivity index (χ4v) is 5.51. The van der Waals surface area contributed by atoms with Crippen molar-refractivity contribution in [2.75, 3.05) is 0 Å². The Kier molecular flexibility index (Phi) is 3.55. The molecule has 3 aromatic rings. The number of aromatic nitrogens is 1. The van der Waals surface area contributed by atoms with E-state index in [1.165, 1.54) is 3.07 Å². The SMILES string of the molecule is c1cc[c]([Hg][O]c2ccc3ccccc3n2)cc1. The first kappa shape index (κ1) is 11.7. The Balaban J connectivity index is 1.79. The molecular weight excluding hydrogens is 411 g/mol. The van der Waals surface area contributed by atoms with E-state index in [0.29, 0.717) is 0 Å². The summed E-state index contributed by atoms with van der Waals surface area (Å²) in [7, 11) is 0. The van der Waals surface area contributed by atoms with Crippen LogP contribution in [0.4, 0.5) is 0 Å². The van der Waals surface area contributed by atoms with Crippen molar-refractivity contribution in [2.45, 2.75) is 0 Å². The van der Waals surface area contributed by atoms with Crippen molar-refractivity contribution in [1.82, 2.24) is 4.98 Å². The Bertz CT molecular complexity index is 655. The molecule has 0 fully saturated rings. The van der Waals surface area contributed by atoms with Crippen LogP contribution in [0.2, 0.25) is 0 Å². The summed E-state index contributed by atoms with van der Waals surface area (Å²) >= 11 is -1.51. The second kappa shape index (κ2) is 5.49. The van der Waals surface area contributed by atoms with Gasteiger partial charge in [-0.05, 0) is 0 Å². The molecule has 0 spiro atoms. The average Bonchev–Trinajstić information content (AvgIpc) is 2.46. The molecule has 1 heterocycles. The summed E-state index contributed by atoms with van der Waals surface area (Å²) in [5.41, 5.74) is 0.997. The van der Waals surface area contributed by atoms with Crippen molar-refractivity contribution in [3.63, 3.8) is 0 Å². The van der Waals surface area contributed by atoms with Crippen LogP contribution < -0.4 is 5.72 Å². The standard InChI is InChI=1S/C9H7NO.C6H5.Hg/c11-9-6-5-7-3-1-2-4-8(7)10-9;1-2-4-6-5-3-1;/h1-6H,(H,10,11);1-5H;/q;;+1/p-1. The molecule has 0 saturated carbocycles. The van der Waals surface area contributed by atoms with Crippen LogP contribution >= 0.6 is 0 Å². The summed E-state index contributed by atoms with van der Waals surface area (Å²) in [4.78, 5) is 4.52. The molecule has 0 unspecified atom stereocenters. The van der Waals surface area contributed by atoms with Crippen molar-refractivity contribution in [3.05, 3.63) is 66.7 Å². The third-order valence-corrected chi connectivity index (χ3v) is 7.64. The molecule has 0 radical (unpaired) electrons. The van der Waals surface area contributed by atoms with Crippen molar-refractivity contribution in [3.8, 4) is 5.88 Å². The van der Waals surface area contributed by atoms with E-state index in [1.807, 2.05) is 30.3 Å². The molecule has 0 aliphatic carbocycles. The van der Waals surface area contributed by atoms with E-state index in [9.17, 15) is 0 Å². The van der Waals surface area contributed by atoms with Gasteiger partial charge in [0.2, 0.25) is 0 Å². The topological polar surface area (TPSA) is 22.1 Å². The van der Waals surface area contributed by atoms with Crippen LogP contribution in [0, 0.1) is 0 Å². The van der Waals surface area contributed by atoms with Gasteiger partial charge in [0.25, 0.3) is 0 Å². The Morgan fingerprint density at radius 3 is 2.44 bits per heavy atom. The van der Waals surface area contributed by atoms with Crippen LogP contribution in [0.1, 0.15) is 0 Å². The number of nitrogens with zero attached hydrogens (tertiary/aromatic N) is 1. The molecular formula is C15H11HgNO. The Labute approximate surface area is 119 Å². The van der Waals surface area contributed by atoms with E-state index in [2.05, 4.69) is 41.4 Å². The number of rotatable bonds is 3. The summed E-state index contributed by atoms with van der Waals surface area (Å²) in [5.74, 6) is 0.763. The third kappa shape index (κ3) is 2.70. The van der Waals surface area contributed by atoms with Gasteiger partial charge in [-0.3, -0.25) is 0 Å². The normalized spacial score (nSPS) is 10.0. The molecule has 3 heteroatoms. The fraction of sp³-hybridized carbons (Fsp3) is 0. The van der Waals surface area contributed by atoms with Gasteiger partial charge in [-0.25, -0.2) is 0 Å². The van der Waals surface area contributed by atoms with E-state index < -0.39 is 25.0 Å². The molecule has 0 N–H and O–H groups in total. The number of fused-ring (bicyclic) bond motifs is 1. The van der Waals surface area contributed by atoms with E-state index >= 15 is 0 Å². The van der Waals surface area contributed by atoms with Gasteiger partial charge in [-0.2, -0.15) is 0 Å². The second-order valence-corrected chi connectivity index (χ2v) is 9.54. The summed E-state index contributed by atoms with van der Waals surface area (Å²) in [6, 6.07) is 22.6. The van der Waals surface area contributed by atoms with Gasteiger partial charge >= 0.3 is 119 Å². The number of benzene rings is 2. The number of pyridine rings is 1. The molecule has 0 aliphatic heterocycles.